The Morgan fingerprint density at radius 2 is 1.81 bits per heavy atom. The smallest absolute Gasteiger partial charge is 0.249 e. The molecule has 1 aromatic heterocycles. The van der Waals surface area contributed by atoms with E-state index in [0.29, 0.717) is 12.0 Å². The number of likely N-dealkylation sites (N-methyl/N-ethyl adjacent to an activating group) is 1. The number of piperazine rings is 1. The lowest BCUT2D eigenvalue weighted by atomic mass is 9.85. The largest absolute Gasteiger partial charge is 0.347 e. The van der Waals surface area contributed by atoms with E-state index in [1.807, 2.05) is 51.2 Å². The number of aryl methyl sites for hydroxylation is 1. The van der Waals surface area contributed by atoms with Gasteiger partial charge in [-0.05, 0) is 53.5 Å². The Bertz CT molecular complexity index is 1340. The predicted octanol–water partition coefficient (Wildman–Crippen LogP) is 2.86. The lowest BCUT2D eigenvalue weighted by Crippen LogP contribution is -2.68. The van der Waals surface area contributed by atoms with Crippen LogP contribution in [-0.2, 0) is 34.3 Å². The van der Waals surface area contributed by atoms with Gasteiger partial charge >= 0.3 is 0 Å². The highest BCUT2D eigenvalue weighted by molar-refractivity contribution is 6.00. The Labute approximate surface area is 217 Å². The average molecular weight is 502 g/mol. The maximum atomic E-state index is 14.4. The molecule has 8 heteroatoms. The summed E-state index contributed by atoms with van der Waals surface area (Å²) in [6.07, 6.45) is 3.91. The first-order valence-corrected chi connectivity index (χ1v) is 13.0. The first kappa shape index (κ1) is 25.0. The number of amides is 3. The molecule has 0 radical (unpaired) electrons. The highest BCUT2D eigenvalue weighted by Gasteiger charge is 2.50. The number of fused-ring (bicyclic) bond motifs is 2. The number of carbonyl (C=O) groups excluding carboxylic acids is 3. The van der Waals surface area contributed by atoms with Crippen molar-refractivity contribution in [3.63, 3.8) is 0 Å². The minimum absolute atomic E-state index is 0.0508. The first-order valence-electron chi connectivity index (χ1n) is 13.0. The summed E-state index contributed by atoms with van der Waals surface area (Å²) in [5, 5.41) is 8.29. The molecule has 1 fully saturated rings. The second-order valence-electron chi connectivity index (χ2n) is 10.7. The molecule has 3 amide bonds. The standard InChI is InChI=1S/C29H35N5O3/c1-6-17(2)25-27(35)31-24(21-13-18-9-7-8-10-19(18)14-21)28(36)34(25)26(29(37)32(3)4)20-11-12-23-22(15-20)16-30-33(23)5/h7-12,15-17,21,24-26H,6,13-14H2,1-5H3,(H,31,35)/t17-,24+,25+,26+/m0/s1. The average Bonchev–Trinajstić information content (AvgIpc) is 3.48. The molecule has 2 aliphatic rings. The van der Waals surface area contributed by atoms with Crippen molar-refractivity contribution in [2.45, 2.75) is 51.2 Å². The number of aromatic nitrogens is 2. The normalized spacial score (nSPS) is 21.6. The monoisotopic (exact) mass is 501 g/mol. The first-order chi connectivity index (χ1) is 17.7. The number of rotatable bonds is 6. The minimum atomic E-state index is -0.913. The minimum Gasteiger partial charge on any atom is -0.347 e. The molecule has 0 unspecified atom stereocenters. The van der Waals surface area contributed by atoms with Gasteiger partial charge in [-0.3, -0.25) is 19.1 Å². The van der Waals surface area contributed by atoms with Crippen molar-refractivity contribution in [2.75, 3.05) is 14.1 Å². The van der Waals surface area contributed by atoms with Crippen LogP contribution in [0, 0.1) is 11.8 Å². The molecule has 1 N–H and O–H groups in total. The Balaban J connectivity index is 1.60. The Hall–Kier alpha value is -3.68. The van der Waals surface area contributed by atoms with E-state index in [1.165, 1.54) is 16.0 Å². The van der Waals surface area contributed by atoms with E-state index in [2.05, 4.69) is 22.5 Å². The summed E-state index contributed by atoms with van der Waals surface area (Å²) in [5.74, 6) is -0.772. The third kappa shape index (κ3) is 4.28. The zero-order chi connectivity index (χ0) is 26.4. The molecule has 5 rings (SSSR count). The van der Waals surface area contributed by atoms with Gasteiger partial charge in [-0.25, -0.2) is 0 Å². The van der Waals surface area contributed by atoms with Gasteiger partial charge in [-0.2, -0.15) is 5.10 Å². The van der Waals surface area contributed by atoms with Gasteiger partial charge in [0.2, 0.25) is 17.7 Å². The van der Waals surface area contributed by atoms with E-state index in [-0.39, 0.29) is 29.6 Å². The molecule has 0 bridgehead atoms. The molecule has 2 aromatic carbocycles. The maximum Gasteiger partial charge on any atom is 0.249 e. The maximum absolute atomic E-state index is 14.4. The fraction of sp³-hybridized carbons (Fsp3) is 0.448. The van der Waals surface area contributed by atoms with Gasteiger partial charge in [0.05, 0.1) is 11.7 Å². The lowest BCUT2D eigenvalue weighted by Gasteiger charge is -2.46. The second kappa shape index (κ2) is 9.65. The SMILES string of the molecule is CC[C@H](C)[C@@H]1C(=O)N[C@H](C2Cc3ccccc3C2)C(=O)N1[C@@H](C(=O)N(C)C)c1ccc2c(cnn2C)c1. The summed E-state index contributed by atoms with van der Waals surface area (Å²) in [5.41, 5.74) is 4.05. The van der Waals surface area contributed by atoms with Crippen molar-refractivity contribution in [3.05, 3.63) is 65.4 Å². The molecule has 8 nitrogen and oxygen atoms in total. The highest BCUT2D eigenvalue weighted by atomic mass is 16.2. The van der Waals surface area contributed by atoms with E-state index in [0.717, 1.165) is 23.7 Å². The zero-order valence-electron chi connectivity index (χ0n) is 22.1. The summed E-state index contributed by atoms with van der Waals surface area (Å²) in [4.78, 5) is 44.9. The Morgan fingerprint density at radius 1 is 1.14 bits per heavy atom. The highest BCUT2D eigenvalue weighted by Crippen LogP contribution is 2.37. The van der Waals surface area contributed by atoms with Gasteiger partial charge in [-0.15, -0.1) is 0 Å². The lowest BCUT2D eigenvalue weighted by molar-refractivity contribution is -0.161. The fourth-order valence-corrected chi connectivity index (χ4v) is 5.94. The van der Waals surface area contributed by atoms with Gasteiger partial charge in [0.15, 0.2) is 0 Å². The molecule has 2 heterocycles. The number of carbonyl (C=O) groups is 3. The van der Waals surface area contributed by atoms with Crippen LogP contribution in [0.2, 0.25) is 0 Å². The fourth-order valence-electron chi connectivity index (χ4n) is 5.94. The van der Waals surface area contributed by atoms with Crippen LogP contribution >= 0.6 is 0 Å². The van der Waals surface area contributed by atoms with E-state index in [9.17, 15) is 14.4 Å². The number of benzene rings is 2. The van der Waals surface area contributed by atoms with Crippen molar-refractivity contribution in [1.29, 1.82) is 0 Å². The van der Waals surface area contributed by atoms with Gasteiger partial charge in [-0.1, -0.05) is 50.6 Å². The van der Waals surface area contributed by atoms with Crippen LogP contribution in [0.3, 0.4) is 0 Å². The molecule has 1 aliphatic carbocycles. The Morgan fingerprint density at radius 3 is 2.43 bits per heavy atom. The van der Waals surface area contributed by atoms with Crippen LogP contribution < -0.4 is 5.32 Å². The predicted molar refractivity (Wildman–Crippen MR) is 142 cm³/mol. The molecule has 194 valence electrons. The van der Waals surface area contributed by atoms with E-state index in [1.54, 1.807) is 29.9 Å². The van der Waals surface area contributed by atoms with Gasteiger partial charge in [0.25, 0.3) is 0 Å². The molecular weight excluding hydrogens is 466 g/mol. The van der Waals surface area contributed by atoms with Crippen molar-refractivity contribution in [3.8, 4) is 0 Å². The van der Waals surface area contributed by atoms with Gasteiger partial charge in [0, 0.05) is 26.5 Å². The zero-order valence-corrected chi connectivity index (χ0v) is 22.1. The molecule has 37 heavy (non-hydrogen) atoms. The summed E-state index contributed by atoms with van der Waals surface area (Å²) in [7, 11) is 5.25. The van der Waals surface area contributed by atoms with Crippen LogP contribution in [0.5, 0.6) is 0 Å². The van der Waals surface area contributed by atoms with Gasteiger partial charge < -0.3 is 15.1 Å². The molecule has 3 aromatic rings. The quantitative estimate of drug-likeness (QED) is 0.563. The molecule has 0 spiro atoms. The van der Waals surface area contributed by atoms with Crippen molar-refractivity contribution in [2.24, 2.45) is 18.9 Å². The summed E-state index contributed by atoms with van der Waals surface area (Å²) in [6, 6.07) is 11.6. The summed E-state index contributed by atoms with van der Waals surface area (Å²) in [6.45, 7) is 3.97. The molecule has 1 saturated heterocycles. The summed E-state index contributed by atoms with van der Waals surface area (Å²) < 4.78 is 1.77. The number of nitrogens with one attached hydrogen (secondary N) is 1. The molecule has 4 atom stereocenters. The topological polar surface area (TPSA) is 87.5 Å². The van der Waals surface area contributed by atoms with Crippen molar-refractivity contribution >= 4 is 28.6 Å². The summed E-state index contributed by atoms with van der Waals surface area (Å²) >= 11 is 0. The van der Waals surface area contributed by atoms with Gasteiger partial charge in [0.1, 0.15) is 18.1 Å². The van der Waals surface area contributed by atoms with Crippen LogP contribution in [0.25, 0.3) is 10.9 Å². The third-order valence-electron chi connectivity index (χ3n) is 8.16. The van der Waals surface area contributed by atoms with E-state index in [4.69, 9.17) is 0 Å². The van der Waals surface area contributed by atoms with Crippen molar-refractivity contribution in [1.82, 2.24) is 24.9 Å². The van der Waals surface area contributed by atoms with Crippen LogP contribution in [0.4, 0.5) is 0 Å². The van der Waals surface area contributed by atoms with Crippen LogP contribution in [-0.4, -0.2) is 63.5 Å². The van der Waals surface area contributed by atoms with E-state index >= 15 is 0 Å². The van der Waals surface area contributed by atoms with Crippen molar-refractivity contribution < 1.29 is 14.4 Å². The number of hydrogen-bond acceptors (Lipinski definition) is 4. The molecular formula is C29H35N5O3. The van der Waals surface area contributed by atoms with E-state index < -0.39 is 18.1 Å². The van der Waals surface area contributed by atoms with Crippen LogP contribution in [0.15, 0.2) is 48.7 Å². The molecule has 0 saturated carbocycles. The molecule has 1 aliphatic heterocycles. The second-order valence-corrected chi connectivity index (χ2v) is 10.7. The number of hydrogen-bond donors (Lipinski definition) is 1. The van der Waals surface area contributed by atoms with Crippen LogP contribution in [0.1, 0.15) is 43.0 Å². The Kier molecular flexibility index (Phi) is 6.52. The number of nitrogens with zero attached hydrogens (tertiary/aromatic N) is 4. The third-order valence-corrected chi connectivity index (χ3v) is 8.16.